The Morgan fingerprint density at radius 1 is 1.52 bits per heavy atom. The van der Waals surface area contributed by atoms with Gasteiger partial charge in [-0.1, -0.05) is 19.0 Å². The summed E-state index contributed by atoms with van der Waals surface area (Å²) in [5, 5.41) is 10.4. The fourth-order valence-electron chi connectivity index (χ4n) is 3.04. The molecule has 0 bridgehead atoms. The summed E-state index contributed by atoms with van der Waals surface area (Å²) in [7, 11) is 0. The number of pyridine rings is 1. The quantitative estimate of drug-likeness (QED) is 0.881. The molecule has 0 spiro atoms. The molecule has 0 saturated heterocycles. The molecule has 6 nitrogen and oxygen atoms in total. The maximum absolute atomic E-state index is 12.3. The normalized spacial score (nSPS) is 20.0. The van der Waals surface area contributed by atoms with E-state index < -0.39 is 6.10 Å². The predicted molar refractivity (Wildman–Crippen MR) is 88.0 cm³/mol. The Morgan fingerprint density at radius 2 is 2.35 bits per heavy atom. The third-order valence-electron chi connectivity index (χ3n) is 4.56. The third-order valence-corrected chi connectivity index (χ3v) is 4.56. The number of carbonyl (C=O) groups is 1. The van der Waals surface area contributed by atoms with Crippen molar-refractivity contribution < 1.29 is 9.63 Å². The van der Waals surface area contributed by atoms with E-state index in [0.29, 0.717) is 18.9 Å². The summed E-state index contributed by atoms with van der Waals surface area (Å²) in [6.07, 6.45) is 2.99. The number of rotatable bonds is 4. The van der Waals surface area contributed by atoms with Crippen molar-refractivity contribution in [1.29, 1.82) is 0 Å². The minimum absolute atomic E-state index is 0.102. The van der Waals surface area contributed by atoms with Gasteiger partial charge in [-0.2, -0.15) is 0 Å². The van der Waals surface area contributed by atoms with Crippen LogP contribution in [0.2, 0.25) is 0 Å². The average molecular weight is 316 g/mol. The van der Waals surface area contributed by atoms with Crippen LogP contribution < -0.4 is 10.6 Å². The van der Waals surface area contributed by atoms with Crippen LogP contribution in [0.5, 0.6) is 0 Å². The Balaban J connectivity index is 1.64. The first-order chi connectivity index (χ1) is 11.1. The summed E-state index contributed by atoms with van der Waals surface area (Å²) in [6.45, 7) is 8.42. The number of aryl methyl sites for hydroxylation is 1. The Labute approximate surface area is 136 Å². The van der Waals surface area contributed by atoms with Crippen LogP contribution in [-0.2, 0) is 29.1 Å². The van der Waals surface area contributed by atoms with E-state index in [1.807, 2.05) is 13.1 Å². The van der Waals surface area contributed by atoms with Crippen molar-refractivity contribution >= 4 is 11.6 Å². The fourth-order valence-corrected chi connectivity index (χ4v) is 3.04. The first-order valence-corrected chi connectivity index (χ1v) is 8.23. The van der Waals surface area contributed by atoms with Crippen molar-refractivity contribution in [2.45, 2.75) is 52.8 Å². The number of nitrogens with one attached hydrogen (secondary N) is 2. The van der Waals surface area contributed by atoms with E-state index in [9.17, 15) is 4.79 Å². The molecule has 3 heterocycles. The minimum atomic E-state index is -0.498. The van der Waals surface area contributed by atoms with Gasteiger partial charge in [0, 0.05) is 31.4 Å². The molecule has 2 N–H and O–H groups in total. The van der Waals surface area contributed by atoms with Gasteiger partial charge in [0.15, 0.2) is 0 Å². The molecule has 124 valence electrons. The molecular weight excluding hydrogens is 292 g/mol. The lowest BCUT2D eigenvalue weighted by atomic mass is 9.96. The Kier molecular flexibility index (Phi) is 4.61. The Bertz CT molecular complexity index is 640. The van der Waals surface area contributed by atoms with Gasteiger partial charge in [0.25, 0.3) is 5.91 Å². The van der Waals surface area contributed by atoms with Gasteiger partial charge in [0.05, 0.1) is 5.71 Å². The van der Waals surface area contributed by atoms with E-state index in [4.69, 9.17) is 4.84 Å². The molecule has 2 aliphatic rings. The molecule has 0 fully saturated rings. The molecule has 6 heteroatoms. The second-order valence-corrected chi connectivity index (χ2v) is 6.51. The number of amides is 1. The summed E-state index contributed by atoms with van der Waals surface area (Å²) in [4.78, 5) is 22.1. The standard InChI is InChI=1S/C17H24N4O2/c1-10(2)15-6-16(23-21-15)17(22)20-9-14-11(3)19-8-12-7-18-5-4-13(12)14/h8,10,16,18H,4-7,9H2,1-3H3,(H,20,22)/t16-/m0/s1. The van der Waals surface area contributed by atoms with E-state index in [1.54, 1.807) is 0 Å². The Morgan fingerprint density at radius 3 is 3.09 bits per heavy atom. The van der Waals surface area contributed by atoms with Crippen LogP contribution in [0.4, 0.5) is 0 Å². The van der Waals surface area contributed by atoms with Crippen molar-refractivity contribution in [2.24, 2.45) is 11.1 Å². The van der Waals surface area contributed by atoms with Crippen molar-refractivity contribution in [3.8, 4) is 0 Å². The van der Waals surface area contributed by atoms with Gasteiger partial charge in [0.1, 0.15) is 0 Å². The van der Waals surface area contributed by atoms with Crippen molar-refractivity contribution in [2.75, 3.05) is 6.54 Å². The van der Waals surface area contributed by atoms with Gasteiger partial charge in [0.2, 0.25) is 6.10 Å². The molecule has 1 aromatic heterocycles. The van der Waals surface area contributed by atoms with Crippen LogP contribution >= 0.6 is 0 Å². The predicted octanol–water partition coefficient (Wildman–Crippen LogP) is 1.45. The van der Waals surface area contributed by atoms with Gasteiger partial charge in [-0.15, -0.1) is 0 Å². The maximum Gasteiger partial charge on any atom is 0.264 e. The highest BCUT2D eigenvalue weighted by molar-refractivity contribution is 5.93. The molecule has 0 unspecified atom stereocenters. The molecule has 3 rings (SSSR count). The first kappa shape index (κ1) is 15.9. The van der Waals surface area contributed by atoms with Crippen molar-refractivity contribution in [3.05, 3.63) is 28.6 Å². The molecule has 0 radical (unpaired) electrons. The molecular formula is C17H24N4O2. The average Bonchev–Trinajstić information content (AvgIpc) is 3.04. The lowest BCUT2D eigenvalue weighted by Crippen LogP contribution is -2.35. The SMILES string of the molecule is Cc1ncc2c(c1CNC(=O)[C@@H]1CC(C(C)C)=NO1)CCNC2. The summed E-state index contributed by atoms with van der Waals surface area (Å²) in [6, 6.07) is 0. The van der Waals surface area contributed by atoms with E-state index >= 15 is 0 Å². The van der Waals surface area contributed by atoms with Crippen LogP contribution in [0.3, 0.4) is 0 Å². The number of nitrogens with zero attached hydrogens (tertiary/aromatic N) is 2. The minimum Gasteiger partial charge on any atom is -0.382 e. The van der Waals surface area contributed by atoms with Crippen LogP contribution in [-0.4, -0.2) is 29.3 Å². The van der Waals surface area contributed by atoms with E-state index in [-0.39, 0.29) is 5.91 Å². The van der Waals surface area contributed by atoms with Crippen LogP contribution in [0, 0.1) is 12.8 Å². The molecule has 0 aliphatic carbocycles. The van der Waals surface area contributed by atoms with E-state index in [1.165, 1.54) is 11.1 Å². The number of fused-ring (bicyclic) bond motifs is 1. The van der Waals surface area contributed by atoms with E-state index in [2.05, 4.69) is 34.6 Å². The summed E-state index contributed by atoms with van der Waals surface area (Å²) < 4.78 is 0. The zero-order valence-electron chi connectivity index (χ0n) is 14.0. The van der Waals surface area contributed by atoms with Gasteiger partial charge in [-0.3, -0.25) is 9.78 Å². The number of aromatic nitrogens is 1. The lowest BCUT2D eigenvalue weighted by Gasteiger charge is -2.22. The highest BCUT2D eigenvalue weighted by atomic mass is 16.6. The zero-order valence-corrected chi connectivity index (χ0v) is 14.0. The first-order valence-electron chi connectivity index (χ1n) is 8.23. The lowest BCUT2D eigenvalue weighted by molar-refractivity contribution is -0.131. The molecule has 0 aromatic carbocycles. The van der Waals surface area contributed by atoms with Gasteiger partial charge in [-0.25, -0.2) is 0 Å². The largest absolute Gasteiger partial charge is 0.382 e. The topological polar surface area (TPSA) is 75.6 Å². The van der Waals surface area contributed by atoms with Gasteiger partial charge in [-0.05, 0) is 42.5 Å². The molecule has 23 heavy (non-hydrogen) atoms. The smallest absolute Gasteiger partial charge is 0.264 e. The molecule has 1 aromatic rings. The molecule has 1 amide bonds. The fraction of sp³-hybridized carbons (Fsp3) is 0.588. The summed E-state index contributed by atoms with van der Waals surface area (Å²) in [5.41, 5.74) is 5.63. The van der Waals surface area contributed by atoms with Gasteiger partial charge < -0.3 is 15.5 Å². The molecule has 1 atom stereocenters. The Hall–Kier alpha value is -1.95. The second kappa shape index (κ2) is 6.66. The van der Waals surface area contributed by atoms with Crippen LogP contribution in [0.25, 0.3) is 0 Å². The van der Waals surface area contributed by atoms with Crippen molar-refractivity contribution in [3.63, 3.8) is 0 Å². The molecule has 0 saturated carbocycles. The third kappa shape index (κ3) is 3.37. The number of carbonyl (C=O) groups excluding carboxylic acids is 1. The number of oxime groups is 1. The maximum atomic E-state index is 12.3. The zero-order chi connectivity index (χ0) is 16.4. The molecule has 2 aliphatic heterocycles. The van der Waals surface area contributed by atoms with Crippen LogP contribution in [0.15, 0.2) is 11.4 Å². The second-order valence-electron chi connectivity index (χ2n) is 6.51. The monoisotopic (exact) mass is 316 g/mol. The number of hydrogen-bond donors (Lipinski definition) is 2. The van der Waals surface area contributed by atoms with Gasteiger partial charge >= 0.3 is 0 Å². The van der Waals surface area contributed by atoms with Crippen molar-refractivity contribution in [1.82, 2.24) is 15.6 Å². The van der Waals surface area contributed by atoms with Crippen LogP contribution in [0.1, 0.15) is 42.7 Å². The summed E-state index contributed by atoms with van der Waals surface area (Å²) in [5.74, 6) is 0.211. The highest BCUT2D eigenvalue weighted by Gasteiger charge is 2.29. The highest BCUT2D eigenvalue weighted by Crippen LogP contribution is 2.21. The number of hydrogen-bond acceptors (Lipinski definition) is 5. The summed E-state index contributed by atoms with van der Waals surface area (Å²) >= 11 is 0. The van der Waals surface area contributed by atoms with E-state index in [0.717, 1.165) is 36.5 Å².